The molecule has 0 aliphatic carbocycles. The van der Waals surface area contributed by atoms with Gasteiger partial charge in [0.25, 0.3) is 17.7 Å². The number of piperazine rings is 1. The Kier molecular flexibility index (Phi) is 7.07. The van der Waals surface area contributed by atoms with Crippen molar-refractivity contribution in [3.63, 3.8) is 0 Å². The average molecular weight is 553 g/mol. The summed E-state index contributed by atoms with van der Waals surface area (Å²) in [6, 6.07) is 12.1. The number of primary amides is 1. The molecule has 40 heavy (non-hydrogen) atoms. The van der Waals surface area contributed by atoms with E-state index in [4.69, 9.17) is 5.73 Å². The van der Waals surface area contributed by atoms with E-state index in [9.17, 15) is 27.6 Å². The van der Waals surface area contributed by atoms with Gasteiger partial charge in [-0.1, -0.05) is 18.2 Å². The normalized spacial score (nSPS) is 13.9. The lowest BCUT2D eigenvalue weighted by molar-refractivity contribution is -0.123. The molecule has 3 amide bonds. The second-order valence-corrected chi connectivity index (χ2v) is 9.08. The molecule has 1 aliphatic rings. The van der Waals surface area contributed by atoms with Crippen LogP contribution in [0.15, 0.2) is 54.9 Å². The SMILES string of the molecule is NC(=O)c1cccc2[nH]c(-c3ccc(C(=O)N4CCN(c5ncc(C(=O)NCC(F)(F)F)cn5)CC4)cc3)nc12. The first-order valence-electron chi connectivity index (χ1n) is 12.2. The maximum Gasteiger partial charge on any atom is 0.405 e. The molecule has 4 N–H and O–H groups in total. The number of carbonyl (C=O) groups excluding carboxylic acids is 3. The van der Waals surface area contributed by atoms with Gasteiger partial charge in [0.15, 0.2) is 0 Å². The molecule has 0 saturated carbocycles. The van der Waals surface area contributed by atoms with Crippen LogP contribution in [-0.2, 0) is 0 Å². The molecule has 2 aromatic heterocycles. The van der Waals surface area contributed by atoms with Crippen molar-refractivity contribution in [2.75, 3.05) is 37.6 Å². The maximum absolute atomic E-state index is 13.1. The summed E-state index contributed by atoms with van der Waals surface area (Å²) in [4.78, 5) is 56.0. The Morgan fingerprint density at radius 1 is 0.950 bits per heavy atom. The summed E-state index contributed by atoms with van der Waals surface area (Å²) in [5, 5.41) is 1.77. The number of fused-ring (bicyclic) bond motifs is 1. The molecule has 0 atom stereocenters. The first kappa shape index (κ1) is 26.6. The highest BCUT2D eigenvalue weighted by Crippen LogP contribution is 2.24. The molecule has 206 valence electrons. The summed E-state index contributed by atoms with van der Waals surface area (Å²) in [6.07, 6.45) is -2.17. The van der Waals surface area contributed by atoms with Gasteiger partial charge in [0.05, 0.1) is 16.6 Å². The van der Waals surface area contributed by atoms with E-state index >= 15 is 0 Å². The molecule has 0 spiro atoms. The number of nitrogens with zero attached hydrogens (tertiary/aromatic N) is 5. The van der Waals surface area contributed by atoms with Crippen LogP contribution in [0.1, 0.15) is 31.1 Å². The largest absolute Gasteiger partial charge is 0.405 e. The van der Waals surface area contributed by atoms with Gasteiger partial charge in [0.1, 0.15) is 17.9 Å². The number of anilines is 1. The molecule has 14 heteroatoms. The van der Waals surface area contributed by atoms with E-state index in [0.29, 0.717) is 60.1 Å². The Morgan fingerprint density at radius 2 is 1.62 bits per heavy atom. The quantitative estimate of drug-likeness (QED) is 0.332. The first-order valence-corrected chi connectivity index (χ1v) is 12.2. The number of hydrogen-bond acceptors (Lipinski definition) is 7. The van der Waals surface area contributed by atoms with Crippen molar-refractivity contribution < 1.29 is 27.6 Å². The van der Waals surface area contributed by atoms with Crippen LogP contribution in [0.25, 0.3) is 22.4 Å². The fraction of sp³-hybridized carbons (Fsp3) is 0.231. The summed E-state index contributed by atoms with van der Waals surface area (Å²) >= 11 is 0. The molecule has 1 aliphatic heterocycles. The fourth-order valence-electron chi connectivity index (χ4n) is 4.31. The molecule has 0 unspecified atom stereocenters. The molecule has 3 heterocycles. The van der Waals surface area contributed by atoms with Crippen molar-refractivity contribution >= 4 is 34.7 Å². The predicted molar refractivity (Wildman–Crippen MR) is 139 cm³/mol. The van der Waals surface area contributed by atoms with E-state index in [0.717, 1.165) is 5.56 Å². The zero-order valence-electron chi connectivity index (χ0n) is 20.9. The molecule has 4 aromatic rings. The molecule has 11 nitrogen and oxygen atoms in total. The van der Waals surface area contributed by atoms with Crippen molar-refractivity contribution in [1.82, 2.24) is 30.2 Å². The van der Waals surface area contributed by atoms with Gasteiger partial charge in [-0.05, 0) is 24.3 Å². The van der Waals surface area contributed by atoms with Crippen LogP contribution in [0.5, 0.6) is 0 Å². The number of nitrogens with one attached hydrogen (secondary N) is 2. The lowest BCUT2D eigenvalue weighted by Crippen LogP contribution is -2.49. The number of aromatic nitrogens is 4. The highest BCUT2D eigenvalue weighted by Gasteiger charge is 2.28. The fourth-order valence-corrected chi connectivity index (χ4v) is 4.31. The number of H-pyrrole nitrogens is 1. The number of rotatable bonds is 6. The number of para-hydroxylation sites is 1. The monoisotopic (exact) mass is 552 g/mol. The van der Waals surface area contributed by atoms with Gasteiger partial charge in [-0.3, -0.25) is 14.4 Å². The number of alkyl halides is 3. The topological polar surface area (TPSA) is 150 Å². The van der Waals surface area contributed by atoms with Gasteiger partial charge in [0.2, 0.25) is 5.95 Å². The van der Waals surface area contributed by atoms with Crippen molar-refractivity contribution in [3.8, 4) is 11.4 Å². The van der Waals surface area contributed by atoms with Crippen LogP contribution in [0.4, 0.5) is 19.1 Å². The Bertz CT molecular complexity index is 1560. The third-order valence-electron chi connectivity index (χ3n) is 6.38. The number of hydrogen-bond donors (Lipinski definition) is 3. The molecular formula is C26H23F3N8O3. The molecule has 1 saturated heterocycles. The van der Waals surface area contributed by atoms with Crippen LogP contribution in [0, 0.1) is 0 Å². The standard InChI is InChI=1S/C26H23F3N8O3/c27-26(28,29)14-33-23(39)17-12-31-25(32-13-17)37-10-8-36(9-11-37)24(40)16-6-4-15(5-7-16)22-34-19-3-1-2-18(21(30)38)20(19)35-22/h1-7,12-13H,8-11,14H2,(H2,30,38)(H,33,39)(H,34,35). The Morgan fingerprint density at radius 3 is 2.25 bits per heavy atom. The van der Waals surface area contributed by atoms with Gasteiger partial charge >= 0.3 is 6.18 Å². The predicted octanol–water partition coefficient (Wildman–Crippen LogP) is 2.37. The minimum Gasteiger partial charge on any atom is -0.366 e. The van der Waals surface area contributed by atoms with E-state index in [1.165, 1.54) is 12.4 Å². The number of benzene rings is 2. The zero-order chi connectivity index (χ0) is 28.4. The number of nitrogens with two attached hydrogens (primary N) is 1. The number of amides is 3. The molecule has 5 rings (SSSR count). The smallest absolute Gasteiger partial charge is 0.366 e. The van der Waals surface area contributed by atoms with E-state index in [2.05, 4.69) is 19.9 Å². The van der Waals surface area contributed by atoms with Gasteiger partial charge in [-0.15, -0.1) is 0 Å². The van der Waals surface area contributed by atoms with E-state index in [-0.39, 0.29) is 11.5 Å². The summed E-state index contributed by atoms with van der Waals surface area (Å²) in [7, 11) is 0. The summed E-state index contributed by atoms with van der Waals surface area (Å²) in [5.41, 5.74) is 8.06. The lowest BCUT2D eigenvalue weighted by Gasteiger charge is -2.34. The van der Waals surface area contributed by atoms with Crippen LogP contribution in [0.2, 0.25) is 0 Å². The highest BCUT2D eigenvalue weighted by molar-refractivity contribution is 6.04. The maximum atomic E-state index is 13.1. The molecular weight excluding hydrogens is 529 g/mol. The lowest BCUT2D eigenvalue weighted by atomic mass is 10.1. The van der Waals surface area contributed by atoms with Gasteiger partial charge in [-0.25, -0.2) is 15.0 Å². The van der Waals surface area contributed by atoms with E-state index in [1.54, 1.807) is 52.7 Å². The van der Waals surface area contributed by atoms with Crippen LogP contribution < -0.4 is 16.0 Å². The third kappa shape index (κ3) is 5.70. The Balaban J connectivity index is 1.19. The minimum absolute atomic E-state index is 0.0822. The van der Waals surface area contributed by atoms with Crippen LogP contribution >= 0.6 is 0 Å². The Hall–Kier alpha value is -5.01. The molecule has 0 radical (unpaired) electrons. The van der Waals surface area contributed by atoms with Crippen molar-refractivity contribution in [2.24, 2.45) is 5.73 Å². The van der Waals surface area contributed by atoms with Crippen molar-refractivity contribution in [1.29, 1.82) is 0 Å². The summed E-state index contributed by atoms with van der Waals surface area (Å²) in [5.74, 6) is -0.777. The van der Waals surface area contributed by atoms with Gasteiger partial charge in [0, 0.05) is 49.7 Å². The molecule has 0 bridgehead atoms. The Labute approximate surface area is 225 Å². The van der Waals surface area contributed by atoms with Gasteiger partial charge < -0.3 is 25.8 Å². The summed E-state index contributed by atoms with van der Waals surface area (Å²) < 4.78 is 36.9. The van der Waals surface area contributed by atoms with E-state index in [1.807, 2.05) is 4.90 Å². The zero-order valence-corrected chi connectivity index (χ0v) is 20.9. The summed E-state index contributed by atoms with van der Waals surface area (Å²) in [6.45, 7) is 0.230. The number of aromatic amines is 1. The van der Waals surface area contributed by atoms with E-state index < -0.39 is 24.5 Å². The number of imidazole rings is 1. The van der Waals surface area contributed by atoms with Crippen molar-refractivity contribution in [3.05, 3.63) is 71.5 Å². The second kappa shape index (κ2) is 10.6. The van der Waals surface area contributed by atoms with Crippen molar-refractivity contribution in [2.45, 2.75) is 6.18 Å². The van der Waals surface area contributed by atoms with Gasteiger partial charge in [-0.2, -0.15) is 13.2 Å². The second-order valence-electron chi connectivity index (χ2n) is 9.08. The molecule has 2 aromatic carbocycles. The number of halogens is 3. The first-order chi connectivity index (χ1) is 19.1. The van der Waals surface area contributed by atoms with Crippen LogP contribution in [0.3, 0.4) is 0 Å². The third-order valence-corrected chi connectivity index (χ3v) is 6.38. The highest BCUT2D eigenvalue weighted by atomic mass is 19.4. The molecule has 1 fully saturated rings. The average Bonchev–Trinajstić information content (AvgIpc) is 3.40. The number of carbonyl (C=O) groups is 3. The minimum atomic E-state index is -4.51. The van der Waals surface area contributed by atoms with Crippen LogP contribution in [-0.4, -0.2) is 81.5 Å².